The monoisotopic (exact) mass is 284 g/mol. The van der Waals surface area contributed by atoms with Gasteiger partial charge in [-0.05, 0) is 32.4 Å². The molecule has 0 fully saturated rings. The van der Waals surface area contributed by atoms with E-state index in [0.29, 0.717) is 18.8 Å². The first-order valence-corrected chi connectivity index (χ1v) is 8.50. The third-order valence-corrected chi connectivity index (χ3v) is 4.27. The molecule has 0 amide bonds. The molecule has 0 bridgehead atoms. The fraction of sp³-hybridized carbons (Fsp3) is 1.00. The molecule has 0 saturated heterocycles. The molecule has 0 spiro atoms. The summed E-state index contributed by atoms with van der Waals surface area (Å²) in [5.41, 5.74) is 0. The first-order chi connectivity index (χ1) is 8.05. The lowest BCUT2D eigenvalue weighted by Crippen LogP contribution is -2.36. The van der Waals surface area contributed by atoms with E-state index in [2.05, 4.69) is 23.5 Å². The Morgan fingerprint density at radius 3 is 2.41 bits per heavy atom. The van der Waals surface area contributed by atoms with Crippen molar-refractivity contribution in [1.29, 1.82) is 0 Å². The van der Waals surface area contributed by atoms with Crippen molar-refractivity contribution >= 4 is 21.6 Å². The number of hydrogen-bond donors (Lipinski definition) is 1. The van der Waals surface area contributed by atoms with Gasteiger partial charge in [0.2, 0.25) is 10.0 Å². The second-order valence-electron chi connectivity index (χ2n) is 4.04. The molecule has 0 rings (SSSR count). The Kier molecular flexibility index (Phi) is 10.2. The van der Waals surface area contributed by atoms with Gasteiger partial charge in [0.05, 0.1) is 5.75 Å². The highest BCUT2D eigenvalue weighted by Crippen LogP contribution is 1.96. The first kappa shape index (κ1) is 17.2. The van der Waals surface area contributed by atoms with Crippen molar-refractivity contribution in [2.24, 2.45) is 0 Å². The van der Waals surface area contributed by atoms with E-state index in [1.54, 1.807) is 0 Å². The topological polar surface area (TPSA) is 49.4 Å². The highest BCUT2D eigenvalue weighted by molar-refractivity contribution is 7.89. The van der Waals surface area contributed by atoms with Crippen LogP contribution in [0.4, 0.5) is 0 Å². The van der Waals surface area contributed by atoms with E-state index >= 15 is 0 Å². The van der Waals surface area contributed by atoms with Gasteiger partial charge >= 0.3 is 0 Å². The van der Waals surface area contributed by atoms with Gasteiger partial charge in [0.15, 0.2) is 0 Å². The SMILES string of the molecule is CCCN(CC)CCNS(=O)(=O)CCCCCl. The molecule has 0 aliphatic heterocycles. The predicted molar refractivity (Wildman–Crippen MR) is 74.1 cm³/mol. The standard InChI is InChI=1S/C11H25ClN2O2S/c1-3-9-14(4-2)10-8-13-17(15,16)11-6-5-7-12/h13H,3-11H2,1-2H3. The highest BCUT2D eigenvalue weighted by atomic mass is 35.5. The van der Waals surface area contributed by atoms with Gasteiger partial charge in [-0.25, -0.2) is 13.1 Å². The molecule has 0 aromatic heterocycles. The molecule has 1 N–H and O–H groups in total. The molecule has 0 radical (unpaired) electrons. The number of unbranched alkanes of at least 4 members (excludes halogenated alkanes) is 1. The van der Waals surface area contributed by atoms with E-state index < -0.39 is 10.0 Å². The molecule has 0 aliphatic carbocycles. The molecule has 6 heteroatoms. The lowest BCUT2D eigenvalue weighted by atomic mass is 10.4. The number of likely N-dealkylation sites (N-methyl/N-ethyl adjacent to an activating group) is 1. The lowest BCUT2D eigenvalue weighted by Gasteiger charge is -2.19. The molecule has 0 atom stereocenters. The number of hydrogen-bond acceptors (Lipinski definition) is 3. The third kappa shape index (κ3) is 9.83. The average molecular weight is 285 g/mol. The maximum atomic E-state index is 11.6. The summed E-state index contributed by atoms with van der Waals surface area (Å²) in [5, 5.41) is 0. The minimum atomic E-state index is -3.11. The van der Waals surface area contributed by atoms with Gasteiger partial charge in [-0.3, -0.25) is 0 Å². The van der Waals surface area contributed by atoms with Crippen LogP contribution in [0.3, 0.4) is 0 Å². The number of nitrogens with one attached hydrogen (secondary N) is 1. The summed E-state index contributed by atoms with van der Waals surface area (Å²) in [6, 6.07) is 0. The maximum absolute atomic E-state index is 11.6. The van der Waals surface area contributed by atoms with Crippen LogP contribution in [0.25, 0.3) is 0 Å². The largest absolute Gasteiger partial charge is 0.302 e. The van der Waals surface area contributed by atoms with Gasteiger partial charge < -0.3 is 4.90 Å². The fourth-order valence-corrected chi connectivity index (χ4v) is 2.88. The summed E-state index contributed by atoms with van der Waals surface area (Å²) in [5.74, 6) is 0.704. The summed E-state index contributed by atoms with van der Waals surface area (Å²) < 4.78 is 25.7. The van der Waals surface area contributed by atoms with Crippen LogP contribution >= 0.6 is 11.6 Å². The molecule has 0 unspecified atom stereocenters. The van der Waals surface area contributed by atoms with Gasteiger partial charge in [0.25, 0.3) is 0 Å². The number of sulfonamides is 1. The minimum absolute atomic E-state index is 0.180. The number of rotatable bonds is 11. The summed E-state index contributed by atoms with van der Waals surface area (Å²) in [4.78, 5) is 2.24. The number of nitrogens with zero attached hydrogens (tertiary/aromatic N) is 1. The van der Waals surface area contributed by atoms with Crippen LogP contribution in [0, 0.1) is 0 Å². The Labute approximate surface area is 111 Å². The third-order valence-electron chi connectivity index (χ3n) is 2.53. The highest BCUT2D eigenvalue weighted by Gasteiger charge is 2.09. The van der Waals surface area contributed by atoms with E-state index in [1.165, 1.54) is 0 Å². The van der Waals surface area contributed by atoms with Crippen molar-refractivity contribution in [2.45, 2.75) is 33.1 Å². The quantitative estimate of drug-likeness (QED) is 0.464. The molecule has 0 aromatic carbocycles. The summed E-state index contributed by atoms with van der Waals surface area (Å²) in [7, 11) is -3.11. The first-order valence-electron chi connectivity index (χ1n) is 6.31. The Bertz CT molecular complexity index is 271. The Balaban J connectivity index is 3.77. The van der Waals surface area contributed by atoms with Crippen molar-refractivity contribution in [3.63, 3.8) is 0 Å². The molecule has 104 valence electrons. The number of alkyl halides is 1. The van der Waals surface area contributed by atoms with Gasteiger partial charge in [0.1, 0.15) is 0 Å². The van der Waals surface area contributed by atoms with Crippen molar-refractivity contribution in [2.75, 3.05) is 37.8 Å². The van der Waals surface area contributed by atoms with Crippen LogP contribution in [0.2, 0.25) is 0 Å². The molecule has 0 heterocycles. The molecule has 0 aliphatic rings. The van der Waals surface area contributed by atoms with Crippen molar-refractivity contribution in [1.82, 2.24) is 9.62 Å². The molecular weight excluding hydrogens is 260 g/mol. The zero-order valence-corrected chi connectivity index (χ0v) is 12.5. The van der Waals surface area contributed by atoms with Crippen LogP contribution < -0.4 is 4.72 Å². The van der Waals surface area contributed by atoms with Crippen molar-refractivity contribution in [3.05, 3.63) is 0 Å². The molecule has 0 aromatic rings. The molecule has 0 saturated carbocycles. The van der Waals surface area contributed by atoms with E-state index in [4.69, 9.17) is 11.6 Å². The molecule has 4 nitrogen and oxygen atoms in total. The molecular formula is C11H25ClN2O2S. The van der Waals surface area contributed by atoms with Crippen LogP contribution in [0.15, 0.2) is 0 Å². The second kappa shape index (κ2) is 10.1. The summed E-state index contributed by atoms with van der Waals surface area (Å²) in [6.45, 7) is 7.46. The van der Waals surface area contributed by atoms with Gasteiger partial charge in [-0.2, -0.15) is 0 Å². The summed E-state index contributed by atoms with van der Waals surface area (Å²) in [6.07, 6.45) is 2.47. The van der Waals surface area contributed by atoms with Gasteiger partial charge in [-0.15, -0.1) is 11.6 Å². The van der Waals surface area contributed by atoms with Crippen LogP contribution in [-0.2, 0) is 10.0 Å². The zero-order valence-electron chi connectivity index (χ0n) is 10.9. The molecule has 17 heavy (non-hydrogen) atoms. The van der Waals surface area contributed by atoms with Crippen molar-refractivity contribution < 1.29 is 8.42 Å². The van der Waals surface area contributed by atoms with E-state index in [1.807, 2.05) is 0 Å². The van der Waals surface area contributed by atoms with Crippen LogP contribution in [-0.4, -0.2) is 51.1 Å². The maximum Gasteiger partial charge on any atom is 0.211 e. The fourth-order valence-electron chi connectivity index (χ4n) is 1.56. The van der Waals surface area contributed by atoms with Crippen LogP contribution in [0.1, 0.15) is 33.1 Å². The Morgan fingerprint density at radius 1 is 1.18 bits per heavy atom. The zero-order chi connectivity index (χ0) is 13.1. The van der Waals surface area contributed by atoms with E-state index in [0.717, 1.165) is 32.5 Å². The van der Waals surface area contributed by atoms with E-state index in [-0.39, 0.29) is 5.75 Å². The number of halogens is 1. The van der Waals surface area contributed by atoms with Crippen molar-refractivity contribution in [3.8, 4) is 0 Å². The minimum Gasteiger partial charge on any atom is -0.302 e. The normalized spacial score (nSPS) is 12.2. The smallest absolute Gasteiger partial charge is 0.211 e. The average Bonchev–Trinajstić information content (AvgIpc) is 2.28. The summed E-state index contributed by atoms with van der Waals surface area (Å²) >= 11 is 5.51. The second-order valence-corrected chi connectivity index (χ2v) is 6.35. The lowest BCUT2D eigenvalue weighted by molar-refractivity contribution is 0.293. The van der Waals surface area contributed by atoms with E-state index in [9.17, 15) is 8.42 Å². The van der Waals surface area contributed by atoms with Crippen LogP contribution in [0.5, 0.6) is 0 Å². The Hall–Kier alpha value is 0.160. The predicted octanol–water partition coefficient (Wildman–Crippen LogP) is 1.66. The van der Waals surface area contributed by atoms with Gasteiger partial charge in [0, 0.05) is 19.0 Å². The van der Waals surface area contributed by atoms with Gasteiger partial charge in [-0.1, -0.05) is 13.8 Å². The Morgan fingerprint density at radius 2 is 1.88 bits per heavy atom.